The summed E-state index contributed by atoms with van der Waals surface area (Å²) in [5, 5.41) is 7.45. The van der Waals surface area contributed by atoms with Crippen LogP contribution in [0.15, 0.2) is 27.2 Å². The van der Waals surface area contributed by atoms with Crippen molar-refractivity contribution in [2.45, 2.75) is 39.8 Å². The summed E-state index contributed by atoms with van der Waals surface area (Å²) in [6.45, 7) is 7.96. The van der Waals surface area contributed by atoms with Gasteiger partial charge in [-0.05, 0) is 61.3 Å². The zero-order valence-electron chi connectivity index (χ0n) is 12.0. The van der Waals surface area contributed by atoms with Crippen LogP contribution >= 0.6 is 15.9 Å². The Balaban J connectivity index is 2.15. The third kappa shape index (κ3) is 3.10. The van der Waals surface area contributed by atoms with E-state index in [1.165, 1.54) is 6.07 Å². The molecule has 0 bridgehead atoms. The van der Waals surface area contributed by atoms with E-state index in [9.17, 15) is 4.39 Å². The van der Waals surface area contributed by atoms with Crippen LogP contribution in [0.25, 0.3) is 0 Å². The zero-order chi connectivity index (χ0) is 14.9. The number of aryl methyl sites for hydroxylation is 2. The van der Waals surface area contributed by atoms with Gasteiger partial charge in [-0.1, -0.05) is 11.2 Å². The first-order valence-corrected chi connectivity index (χ1v) is 7.33. The Kier molecular flexibility index (Phi) is 4.60. The van der Waals surface area contributed by atoms with Crippen LogP contribution in [0.1, 0.15) is 48.5 Å². The molecule has 0 spiro atoms. The van der Waals surface area contributed by atoms with Crippen molar-refractivity contribution in [3.63, 3.8) is 0 Å². The minimum Gasteiger partial charge on any atom is -0.361 e. The molecule has 2 unspecified atom stereocenters. The highest BCUT2D eigenvalue weighted by atomic mass is 79.9. The maximum Gasteiger partial charge on any atom is 0.138 e. The molecule has 0 amide bonds. The van der Waals surface area contributed by atoms with Gasteiger partial charge in [0.25, 0.3) is 0 Å². The summed E-state index contributed by atoms with van der Waals surface area (Å²) in [6, 6.07) is 5.26. The molecule has 1 aromatic carbocycles. The second-order valence-corrected chi connectivity index (χ2v) is 5.88. The number of hydrogen-bond donors (Lipinski definition) is 1. The maximum absolute atomic E-state index is 13.3. The first-order valence-electron chi connectivity index (χ1n) is 6.54. The molecule has 5 heteroatoms. The largest absolute Gasteiger partial charge is 0.361 e. The molecule has 2 atom stereocenters. The number of benzene rings is 1. The summed E-state index contributed by atoms with van der Waals surface area (Å²) in [4.78, 5) is 0. The van der Waals surface area contributed by atoms with Gasteiger partial charge in [-0.2, -0.15) is 0 Å². The molecule has 20 heavy (non-hydrogen) atoms. The first-order chi connectivity index (χ1) is 9.40. The fourth-order valence-electron chi connectivity index (χ4n) is 2.44. The normalized spacial score (nSPS) is 14.3. The fraction of sp³-hybridized carbons (Fsp3) is 0.400. The smallest absolute Gasteiger partial charge is 0.138 e. The zero-order valence-corrected chi connectivity index (χ0v) is 13.6. The van der Waals surface area contributed by atoms with Crippen molar-refractivity contribution in [2.24, 2.45) is 0 Å². The van der Waals surface area contributed by atoms with Gasteiger partial charge in [0.2, 0.25) is 0 Å². The molecule has 1 heterocycles. The standard InChI is InChI=1S/C15H18BrFN2O/c1-8(12-5-6-14(17)13(16)7-12)18-9(2)15-10(3)19-20-11(15)4/h5-9,18H,1-4H3. The molecule has 0 aliphatic heterocycles. The predicted octanol–water partition coefficient (Wildman–Crippen LogP) is 4.60. The van der Waals surface area contributed by atoms with E-state index < -0.39 is 0 Å². The van der Waals surface area contributed by atoms with Gasteiger partial charge < -0.3 is 9.84 Å². The Morgan fingerprint density at radius 2 is 1.95 bits per heavy atom. The van der Waals surface area contributed by atoms with Crippen LogP contribution in [0.2, 0.25) is 0 Å². The third-order valence-electron chi connectivity index (χ3n) is 3.47. The fourth-order valence-corrected chi connectivity index (χ4v) is 2.84. The van der Waals surface area contributed by atoms with Gasteiger partial charge in [0.15, 0.2) is 0 Å². The molecule has 2 rings (SSSR count). The SMILES string of the molecule is Cc1noc(C)c1C(C)NC(C)c1ccc(F)c(Br)c1. The van der Waals surface area contributed by atoms with Gasteiger partial charge in [-0.25, -0.2) is 4.39 Å². The van der Waals surface area contributed by atoms with E-state index in [4.69, 9.17) is 4.52 Å². The lowest BCUT2D eigenvalue weighted by Gasteiger charge is -2.20. The van der Waals surface area contributed by atoms with Crippen LogP contribution in [0.3, 0.4) is 0 Å². The van der Waals surface area contributed by atoms with Crippen LogP contribution in [0.4, 0.5) is 4.39 Å². The van der Waals surface area contributed by atoms with Gasteiger partial charge >= 0.3 is 0 Å². The highest BCUT2D eigenvalue weighted by Gasteiger charge is 2.18. The number of rotatable bonds is 4. The van der Waals surface area contributed by atoms with Crippen molar-refractivity contribution in [1.82, 2.24) is 10.5 Å². The highest BCUT2D eigenvalue weighted by Crippen LogP contribution is 2.26. The maximum atomic E-state index is 13.3. The minimum absolute atomic E-state index is 0.0931. The number of halogens is 2. The summed E-state index contributed by atoms with van der Waals surface area (Å²) >= 11 is 3.21. The first kappa shape index (κ1) is 15.2. The molecule has 3 nitrogen and oxygen atoms in total. The lowest BCUT2D eigenvalue weighted by molar-refractivity contribution is 0.389. The van der Waals surface area contributed by atoms with Crippen molar-refractivity contribution >= 4 is 15.9 Å². The van der Waals surface area contributed by atoms with E-state index in [1.54, 1.807) is 12.1 Å². The Hall–Kier alpha value is -1.20. The van der Waals surface area contributed by atoms with Crippen LogP contribution in [0, 0.1) is 19.7 Å². The van der Waals surface area contributed by atoms with Gasteiger partial charge in [-0.3, -0.25) is 0 Å². The lowest BCUT2D eigenvalue weighted by Crippen LogP contribution is -2.23. The molecule has 2 aromatic rings. The van der Waals surface area contributed by atoms with Crippen molar-refractivity contribution in [1.29, 1.82) is 0 Å². The summed E-state index contributed by atoms with van der Waals surface area (Å²) < 4.78 is 18.9. The number of aromatic nitrogens is 1. The Labute approximate surface area is 126 Å². The second-order valence-electron chi connectivity index (χ2n) is 5.02. The molecule has 0 saturated carbocycles. The monoisotopic (exact) mass is 340 g/mol. The van der Waals surface area contributed by atoms with Crippen LogP contribution in [0.5, 0.6) is 0 Å². The molecular formula is C15H18BrFN2O. The molecule has 0 saturated heterocycles. The van der Waals surface area contributed by atoms with Gasteiger partial charge in [0.05, 0.1) is 10.2 Å². The Morgan fingerprint density at radius 3 is 2.50 bits per heavy atom. The molecule has 1 aromatic heterocycles. The number of nitrogens with zero attached hydrogens (tertiary/aromatic N) is 1. The van der Waals surface area contributed by atoms with Gasteiger partial charge in [-0.15, -0.1) is 0 Å². The Morgan fingerprint density at radius 1 is 1.25 bits per heavy atom. The third-order valence-corrected chi connectivity index (χ3v) is 4.07. The molecule has 0 aliphatic carbocycles. The molecule has 0 aliphatic rings. The molecular weight excluding hydrogens is 323 g/mol. The molecule has 0 fully saturated rings. The van der Waals surface area contributed by atoms with Crippen molar-refractivity contribution in [3.8, 4) is 0 Å². The average molecular weight is 341 g/mol. The van der Waals surface area contributed by atoms with Crippen LogP contribution < -0.4 is 5.32 Å². The summed E-state index contributed by atoms with van der Waals surface area (Å²) in [7, 11) is 0. The van der Waals surface area contributed by atoms with Gasteiger partial charge in [0.1, 0.15) is 11.6 Å². The minimum atomic E-state index is -0.250. The van der Waals surface area contributed by atoms with E-state index in [1.807, 2.05) is 20.8 Å². The average Bonchev–Trinajstić information content (AvgIpc) is 2.72. The number of nitrogens with one attached hydrogen (secondary N) is 1. The second kappa shape index (κ2) is 6.06. The van der Waals surface area contributed by atoms with Crippen LogP contribution in [-0.2, 0) is 0 Å². The quantitative estimate of drug-likeness (QED) is 0.883. The molecule has 108 valence electrons. The van der Waals surface area contributed by atoms with Crippen molar-refractivity contribution in [2.75, 3.05) is 0 Å². The summed E-state index contributed by atoms with van der Waals surface area (Å²) in [5.74, 6) is 0.578. The predicted molar refractivity (Wildman–Crippen MR) is 80.0 cm³/mol. The number of hydrogen-bond acceptors (Lipinski definition) is 3. The lowest BCUT2D eigenvalue weighted by atomic mass is 10.0. The van der Waals surface area contributed by atoms with Crippen LogP contribution in [-0.4, -0.2) is 5.16 Å². The van der Waals surface area contributed by atoms with E-state index in [0.29, 0.717) is 4.47 Å². The van der Waals surface area contributed by atoms with Gasteiger partial charge in [0, 0.05) is 17.6 Å². The highest BCUT2D eigenvalue weighted by molar-refractivity contribution is 9.10. The molecule has 1 N–H and O–H groups in total. The van der Waals surface area contributed by atoms with E-state index >= 15 is 0 Å². The summed E-state index contributed by atoms with van der Waals surface area (Å²) in [5.41, 5.74) is 3.00. The Bertz CT molecular complexity index is 592. The van der Waals surface area contributed by atoms with E-state index in [-0.39, 0.29) is 17.9 Å². The molecule has 0 radical (unpaired) electrons. The topological polar surface area (TPSA) is 38.1 Å². The van der Waals surface area contributed by atoms with Crippen molar-refractivity contribution in [3.05, 3.63) is 51.1 Å². The van der Waals surface area contributed by atoms with E-state index in [2.05, 4.69) is 33.3 Å². The van der Waals surface area contributed by atoms with Crippen molar-refractivity contribution < 1.29 is 8.91 Å². The summed E-state index contributed by atoms with van der Waals surface area (Å²) in [6.07, 6.45) is 0. The van der Waals surface area contributed by atoms with E-state index in [0.717, 1.165) is 22.6 Å².